The molecule has 0 spiro atoms. The summed E-state index contributed by atoms with van der Waals surface area (Å²) in [6.45, 7) is 3.68. The minimum absolute atomic E-state index is 0.587. The van der Waals surface area contributed by atoms with Gasteiger partial charge in [-0.3, -0.25) is 0 Å². The Morgan fingerprint density at radius 3 is 2.07 bits per heavy atom. The molecule has 0 saturated heterocycles. The van der Waals surface area contributed by atoms with E-state index in [-0.39, 0.29) is 0 Å². The molecule has 0 nitrogen and oxygen atoms in total. The predicted molar refractivity (Wildman–Crippen MR) is 49.7 cm³/mol. The van der Waals surface area contributed by atoms with Crippen molar-refractivity contribution in [3.05, 3.63) is 42.3 Å². The molecule has 0 aliphatic heterocycles. The highest BCUT2D eigenvalue weighted by molar-refractivity contribution is 5.24. The van der Waals surface area contributed by atoms with Gasteiger partial charge in [-0.15, -0.1) is 0 Å². The summed E-state index contributed by atoms with van der Waals surface area (Å²) in [5, 5.41) is 0. The molecule has 0 aliphatic carbocycles. The molecule has 0 amide bonds. The Balaban J connectivity index is 2.69. The Morgan fingerprint density at radius 1 is 1.07 bits per heavy atom. The first-order valence-electron chi connectivity index (χ1n) is 4.49. The maximum atomic E-state index is 12.2. The van der Waals surface area contributed by atoms with E-state index in [1.165, 1.54) is 12.1 Å². The molecule has 77 valence electrons. The summed E-state index contributed by atoms with van der Waals surface area (Å²) in [6.07, 6.45) is -1.72. The Morgan fingerprint density at radius 2 is 1.64 bits per heavy atom. The van der Waals surface area contributed by atoms with Crippen LogP contribution in [0.5, 0.6) is 0 Å². The van der Waals surface area contributed by atoms with E-state index < -0.39 is 11.7 Å². The van der Waals surface area contributed by atoms with Gasteiger partial charge in [0.15, 0.2) is 0 Å². The van der Waals surface area contributed by atoms with Gasteiger partial charge in [-0.05, 0) is 30.5 Å². The number of alkyl halides is 3. The van der Waals surface area contributed by atoms with Crippen molar-refractivity contribution in [2.24, 2.45) is 0 Å². The van der Waals surface area contributed by atoms with E-state index in [1.54, 1.807) is 0 Å². The van der Waals surface area contributed by atoms with Crippen molar-refractivity contribution in [2.45, 2.75) is 25.4 Å². The van der Waals surface area contributed by atoms with Gasteiger partial charge in [0, 0.05) is 0 Å². The van der Waals surface area contributed by atoms with Gasteiger partial charge >= 0.3 is 6.18 Å². The van der Waals surface area contributed by atoms with Gasteiger partial charge in [0.2, 0.25) is 0 Å². The Hall–Kier alpha value is -0.990. The minimum Gasteiger partial charge on any atom is -0.166 e. The summed E-state index contributed by atoms with van der Waals surface area (Å²) >= 11 is 0. The van der Waals surface area contributed by atoms with Gasteiger partial charge < -0.3 is 0 Å². The molecule has 0 atom stereocenters. The van der Waals surface area contributed by atoms with Crippen LogP contribution >= 0.6 is 0 Å². The minimum atomic E-state index is -4.23. The fraction of sp³-hybridized carbons (Fsp3) is 0.364. The molecule has 0 unspecified atom stereocenters. The second-order valence-corrected chi connectivity index (χ2v) is 3.15. The molecule has 0 N–H and O–H groups in total. The van der Waals surface area contributed by atoms with Gasteiger partial charge in [0.25, 0.3) is 0 Å². The summed E-state index contributed by atoms with van der Waals surface area (Å²) in [7, 11) is 0. The Kier molecular flexibility index (Phi) is 3.55. The van der Waals surface area contributed by atoms with Crippen molar-refractivity contribution in [1.29, 1.82) is 0 Å². The normalized spacial score (nSPS) is 11.7. The summed E-state index contributed by atoms with van der Waals surface area (Å²) in [6, 6.07) is 5.30. The molecule has 14 heavy (non-hydrogen) atoms. The SMILES string of the molecule is [CH2]CCCc1ccc(C(F)(F)F)cc1. The van der Waals surface area contributed by atoms with E-state index >= 15 is 0 Å². The third-order valence-electron chi connectivity index (χ3n) is 2.00. The highest BCUT2D eigenvalue weighted by Gasteiger charge is 2.29. The van der Waals surface area contributed by atoms with Crippen molar-refractivity contribution >= 4 is 0 Å². The Labute approximate surface area is 81.8 Å². The van der Waals surface area contributed by atoms with Crippen LogP contribution in [0.4, 0.5) is 13.2 Å². The summed E-state index contributed by atoms with van der Waals surface area (Å²) < 4.78 is 36.5. The third kappa shape index (κ3) is 3.05. The van der Waals surface area contributed by atoms with Crippen molar-refractivity contribution < 1.29 is 13.2 Å². The zero-order valence-electron chi connectivity index (χ0n) is 7.77. The maximum Gasteiger partial charge on any atom is 0.416 e. The van der Waals surface area contributed by atoms with E-state index in [0.717, 1.165) is 37.0 Å². The lowest BCUT2D eigenvalue weighted by molar-refractivity contribution is -0.137. The van der Waals surface area contributed by atoms with E-state index in [0.29, 0.717) is 0 Å². The molecule has 0 heterocycles. The smallest absolute Gasteiger partial charge is 0.166 e. The number of unbranched alkanes of at least 4 members (excludes halogenated alkanes) is 1. The van der Waals surface area contributed by atoms with Crippen LogP contribution in [-0.4, -0.2) is 0 Å². The first-order valence-corrected chi connectivity index (χ1v) is 4.49. The summed E-state index contributed by atoms with van der Waals surface area (Å²) in [5.41, 5.74) is 0.345. The highest BCUT2D eigenvalue weighted by atomic mass is 19.4. The zero-order chi connectivity index (χ0) is 10.6. The van der Waals surface area contributed by atoms with Crippen molar-refractivity contribution in [3.63, 3.8) is 0 Å². The molecule has 1 aromatic carbocycles. The maximum absolute atomic E-state index is 12.2. The highest BCUT2D eigenvalue weighted by Crippen LogP contribution is 2.29. The van der Waals surface area contributed by atoms with E-state index in [1.807, 2.05) is 0 Å². The fourth-order valence-corrected chi connectivity index (χ4v) is 1.19. The van der Waals surface area contributed by atoms with Gasteiger partial charge in [-0.25, -0.2) is 0 Å². The molecular formula is C11H12F3. The number of aryl methyl sites for hydroxylation is 1. The molecular weight excluding hydrogens is 189 g/mol. The van der Waals surface area contributed by atoms with Crippen molar-refractivity contribution in [1.82, 2.24) is 0 Å². The molecule has 1 radical (unpaired) electrons. The predicted octanol–water partition coefficient (Wildman–Crippen LogP) is 3.86. The number of hydrogen-bond acceptors (Lipinski definition) is 0. The van der Waals surface area contributed by atoms with Gasteiger partial charge in [0.05, 0.1) is 5.56 Å². The molecule has 0 fully saturated rings. The van der Waals surface area contributed by atoms with Crippen molar-refractivity contribution in [3.8, 4) is 0 Å². The molecule has 1 rings (SSSR count). The van der Waals surface area contributed by atoms with E-state index in [4.69, 9.17) is 0 Å². The van der Waals surface area contributed by atoms with Crippen LogP contribution < -0.4 is 0 Å². The average Bonchev–Trinajstić information content (AvgIpc) is 2.14. The van der Waals surface area contributed by atoms with Gasteiger partial charge in [-0.2, -0.15) is 13.2 Å². The average molecular weight is 201 g/mol. The van der Waals surface area contributed by atoms with Crippen LogP contribution in [0.1, 0.15) is 24.0 Å². The summed E-state index contributed by atoms with van der Waals surface area (Å²) in [5.74, 6) is 0. The molecule has 1 aromatic rings. The van der Waals surface area contributed by atoms with Crippen LogP contribution in [0.2, 0.25) is 0 Å². The van der Waals surface area contributed by atoms with Crippen molar-refractivity contribution in [2.75, 3.05) is 0 Å². The zero-order valence-corrected chi connectivity index (χ0v) is 7.77. The molecule has 0 bridgehead atoms. The second-order valence-electron chi connectivity index (χ2n) is 3.15. The first kappa shape index (κ1) is 11.1. The second kappa shape index (κ2) is 4.49. The monoisotopic (exact) mass is 201 g/mol. The van der Waals surface area contributed by atoms with Crippen LogP contribution in [0.25, 0.3) is 0 Å². The van der Waals surface area contributed by atoms with Crippen LogP contribution in [0, 0.1) is 6.92 Å². The Bertz CT molecular complexity index is 272. The lowest BCUT2D eigenvalue weighted by Gasteiger charge is -2.07. The number of rotatable bonds is 3. The topological polar surface area (TPSA) is 0 Å². The molecule has 0 aliphatic rings. The number of benzene rings is 1. The van der Waals surface area contributed by atoms with Crippen LogP contribution in [0.3, 0.4) is 0 Å². The van der Waals surface area contributed by atoms with Gasteiger partial charge in [-0.1, -0.05) is 25.5 Å². The van der Waals surface area contributed by atoms with Gasteiger partial charge in [0.1, 0.15) is 0 Å². The molecule has 0 aromatic heterocycles. The summed E-state index contributed by atoms with van der Waals surface area (Å²) in [4.78, 5) is 0. The quantitative estimate of drug-likeness (QED) is 0.696. The lowest BCUT2D eigenvalue weighted by Crippen LogP contribution is -2.04. The number of hydrogen-bond donors (Lipinski definition) is 0. The van der Waals surface area contributed by atoms with E-state index in [2.05, 4.69) is 6.92 Å². The van der Waals surface area contributed by atoms with Crippen LogP contribution in [0.15, 0.2) is 24.3 Å². The standard InChI is InChI=1S/C11H12F3/c1-2-3-4-9-5-7-10(8-6-9)11(12,13)14/h5-8H,1-4H2. The largest absolute Gasteiger partial charge is 0.416 e. The fourth-order valence-electron chi connectivity index (χ4n) is 1.19. The molecule has 3 heteroatoms. The van der Waals surface area contributed by atoms with Crippen LogP contribution in [-0.2, 0) is 12.6 Å². The number of halogens is 3. The third-order valence-corrected chi connectivity index (χ3v) is 2.00. The lowest BCUT2D eigenvalue weighted by atomic mass is 10.1. The molecule has 0 saturated carbocycles. The van der Waals surface area contributed by atoms with E-state index in [9.17, 15) is 13.2 Å². The first-order chi connectivity index (χ1) is 6.54.